The second kappa shape index (κ2) is 9.94. The normalized spacial score (nSPS) is 13.2. The lowest BCUT2D eigenvalue weighted by molar-refractivity contribution is -0.119. The van der Waals surface area contributed by atoms with Crippen LogP contribution < -0.4 is 10.9 Å². The average molecular weight is 424 g/mol. The van der Waals surface area contributed by atoms with Crippen molar-refractivity contribution in [3.63, 3.8) is 0 Å². The lowest BCUT2D eigenvalue weighted by Gasteiger charge is -2.15. The summed E-state index contributed by atoms with van der Waals surface area (Å²) in [5.74, 6) is 0.610. The first-order valence-corrected chi connectivity index (χ1v) is 11.5. The van der Waals surface area contributed by atoms with Gasteiger partial charge in [-0.1, -0.05) is 56.8 Å². The van der Waals surface area contributed by atoms with Gasteiger partial charge in [-0.05, 0) is 55.5 Å². The first kappa shape index (κ1) is 22.1. The van der Waals surface area contributed by atoms with E-state index in [1.54, 1.807) is 10.6 Å². The molecule has 3 aromatic rings. The summed E-state index contributed by atoms with van der Waals surface area (Å²) in [5.41, 5.74) is 2.52. The third-order valence-electron chi connectivity index (χ3n) is 5.43. The number of nitrogens with zero attached hydrogens (tertiary/aromatic N) is 2. The summed E-state index contributed by atoms with van der Waals surface area (Å²) in [5, 5.41) is 4.05. The van der Waals surface area contributed by atoms with Crippen molar-refractivity contribution in [2.24, 2.45) is 0 Å². The third-order valence-corrected chi connectivity index (χ3v) is 6.37. The fourth-order valence-corrected chi connectivity index (χ4v) is 4.00. The first-order valence-electron chi connectivity index (χ1n) is 10.5. The van der Waals surface area contributed by atoms with Crippen LogP contribution in [-0.2, 0) is 4.79 Å². The van der Waals surface area contributed by atoms with Gasteiger partial charge >= 0.3 is 0 Å². The van der Waals surface area contributed by atoms with Gasteiger partial charge in [0.15, 0.2) is 5.16 Å². The number of amides is 1. The van der Waals surface area contributed by atoms with Gasteiger partial charge in [0.25, 0.3) is 5.56 Å². The highest BCUT2D eigenvalue weighted by atomic mass is 32.2. The fourth-order valence-electron chi connectivity index (χ4n) is 3.17. The summed E-state index contributed by atoms with van der Waals surface area (Å²) in [7, 11) is 0. The van der Waals surface area contributed by atoms with Crippen molar-refractivity contribution >= 4 is 28.6 Å². The minimum Gasteiger partial charge on any atom is -0.353 e. The van der Waals surface area contributed by atoms with Crippen LogP contribution in [-0.4, -0.2) is 27.3 Å². The minimum atomic E-state index is -0.123. The van der Waals surface area contributed by atoms with Crippen molar-refractivity contribution in [1.29, 1.82) is 0 Å². The summed E-state index contributed by atoms with van der Waals surface area (Å²) < 4.78 is 1.62. The van der Waals surface area contributed by atoms with Crippen molar-refractivity contribution in [1.82, 2.24) is 14.9 Å². The van der Waals surface area contributed by atoms with E-state index in [4.69, 9.17) is 4.98 Å². The Balaban J connectivity index is 2.01. The molecule has 0 bridgehead atoms. The second-order valence-electron chi connectivity index (χ2n) is 7.62. The molecule has 0 aliphatic heterocycles. The predicted molar refractivity (Wildman–Crippen MR) is 125 cm³/mol. The Bertz CT molecular complexity index is 1080. The largest absolute Gasteiger partial charge is 0.353 e. The van der Waals surface area contributed by atoms with E-state index in [-0.39, 0.29) is 23.3 Å². The molecule has 3 rings (SSSR count). The van der Waals surface area contributed by atoms with Gasteiger partial charge in [0.05, 0.1) is 22.3 Å². The number of carbonyl (C=O) groups is 1. The van der Waals surface area contributed by atoms with E-state index in [1.165, 1.54) is 17.3 Å². The van der Waals surface area contributed by atoms with Gasteiger partial charge in [-0.15, -0.1) is 0 Å². The zero-order valence-corrected chi connectivity index (χ0v) is 18.8. The molecule has 0 saturated carbocycles. The van der Waals surface area contributed by atoms with Crippen molar-refractivity contribution in [2.75, 3.05) is 5.75 Å². The Labute approximate surface area is 181 Å². The smallest absolute Gasteiger partial charge is 0.266 e. The molecule has 158 valence electrons. The third kappa shape index (κ3) is 4.93. The first-order chi connectivity index (χ1) is 14.4. The summed E-state index contributed by atoms with van der Waals surface area (Å²) in [6.45, 7) is 8.36. The van der Waals surface area contributed by atoms with Crippen LogP contribution >= 0.6 is 11.8 Å². The van der Waals surface area contributed by atoms with E-state index in [0.717, 1.165) is 18.5 Å². The summed E-state index contributed by atoms with van der Waals surface area (Å²) in [4.78, 5) is 30.3. The van der Waals surface area contributed by atoms with Gasteiger partial charge in [-0.3, -0.25) is 14.2 Å². The van der Waals surface area contributed by atoms with Gasteiger partial charge in [0, 0.05) is 6.04 Å². The number of para-hydroxylation sites is 1. The van der Waals surface area contributed by atoms with Crippen molar-refractivity contribution < 1.29 is 4.79 Å². The Hall–Kier alpha value is -2.60. The molecule has 0 aliphatic rings. The molecule has 2 aromatic carbocycles. The molecular weight excluding hydrogens is 394 g/mol. The molecule has 0 unspecified atom stereocenters. The van der Waals surface area contributed by atoms with Crippen LogP contribution in [0.2, 0.25) is 0 Å². The van der Waals surface area contributed by atoms with Gasteiger partial charge in [0.1, 0.15) is 0 Å². The summed E-state index contributed by atoms with van der Waals surface area (Å²) in [6.07, 6.45) is 1.93. The number of thioether (sulfide) groups is 1. The molecule has 0 radical (unpaired) electrons. The number of hydrogen-bond acceptors (Lipinski definition) is 4. The van der Waals surface area contributed by atoms with Gasteiger partial charge < -0.3 is 5.32 Å². The molecule has 5 nitrogen and oxygen atoms in total. The highest BCUT2D eigenvalue weighted by Crippen LogP contribution is 2.24. The highest BCUT2D eigenvalue weighted by molar-refractivity contribution is 7.99. The number of nitrogens with one attached hydrogen (secondary N) is 1. The Morgan fingerprint density at radius 3 is 2.43 bits per heavy atom. The summed E-state index contributed by atoms with van der Waals surface area (Å²) >= 11 is 1.29. The lowest BCUT2D eigenvalue weighted by Crippen LogP contribution is -2.33. The SMILES string of the molecule is CC[C@@H](C)NC(=O)CSc1nc2ccccc2c(=O)n1-c1ccc([C@@H](C)CC)cc1. The van der Waals surface area contributed by atoms with Crippen LogP contribution in [0.1, 0.15) is 52.0 Å². The number of aromatic nitrogens is 2. The monoisotopic (exact) mass is 423 g/mol. The number of carbonyl (C=O) groups excluding carboxylic acids is 1. The Morgan fingerprint density at radius 2 is 1.77 bits per heavy atom. The molecule has 1 heterocycles. The van der Waals surface area contributed by atoms with Crippen molar-refractivity contribution in [3.8, 4) is 5.69 Å². The topological polar surface area (TPSA) is 64.0 Å². The maximum atomic E-state index is 13.3. The zero-order valence-electron chi connectivity index (χ0n) is 18.0. The van der Waals surface area contributed by atoms with Gasteiger partial charge in [0.2, 0.25) is 5.91 Å². The summed E-state index contributed by atoms with van der Waals surface area (Å²) in [6, 6.07) is 15.5. The van der Waals surface area contributed by atoms with Crippen LogP contribution in [0.5, 0.6) is 0 Å². The quantitative estimate of drug-likeness (QED) is 0.413. The zero-order chi connectivity index (χ0) is 21.7. The molecule has 1 N–H and O–H groups in total. The van der Waals surface area contributed by atoms with Crippen LogP contribution in [0.4, 0.5) is 0 Å². The van der Waals surface area contributed by atoms with E-state index >= 15 is 0 Å². The van der Waals surface area contributed by atoms with E-state index in [0.29, 0.717) is 22.0 Å². The van der Waals surface area contributed by atoms with Gasteiger partial charge in [-0.25, -0.2) is 4.98 Å². The Kier molecular flexibility index (Phi) is 7.32. The van der Waals surface area contributed by atoms with Crippen LogP contribution in [0.15, 0.2) is 58.5 Å². The molecule has 0 aliphatic carbocycles. The predicted octanol–water partition coefficient (Wildman–Crippen LogP) is 4.91. The maximum Gasteiger partial charge on any atom is 0.266 e. The lowest BCUT2D eigenvalue weighted by atomic mass is 9.98. The molecule has 1 amide bonds. The molecule has 30 heavy (non-hydrogen) atoms. The van der Waals surface area contributed by atoms with Crippen molar-refractivity contribution in [2.45, 2.75) is 57.7 Å². The second-order valence-corrected chi connectivity index (χ2v) is 8.56. The van der Waals surface area contributed by atoms with Crippen LogP contribution in [0.25, 0.3) is 16.6 Å². The van der Waals surface area contributed by atoms with E-state index in [1.807, 2.05) is 44.2 Å². The molecule has 2 atom stereocenters. The maximum absolute atomic E-state index is 13.3. The highest BCUT2D eigenvalue weighted by Gasteiger charge is 2.15. The van der Waals surface area contributed by atoms with Crippen molar-refractivity contribution in [3.05, 3.63) is 64.4 Å². The average Bonchev–Trinajstić information content (AvgIpc) is 2.77. The molecule has 0 fully saturated rings. The molecule has 0 saturated heterocycles. The van der Waals surface area contributed by atoms with Crippen LogP contribution in [0.3, 0.4) is 0 Å². The fraction of sp³-hybridized carbons (Fsp3) is 0.375. The number of rotatable bonds is 8. The standard InChI is InChI=1S/C24H29N3O2S/c1-5-16(3)18-11-13-19(14-12-18)27-23(29)20-9-7-8-10-21(20)26-24(27)30-15-22(28)25-17(4)6-2/h7-14,16-17H,5-6,15H2,1-4H3,(H,25,28)/t16-,17+/m0/s1. The van der Waals surface area contributed by atoms with E-state index in [2.05, 4.69) is 31.3 Å². The molecular formula is C24H29N3O2S. The number of fused-ring (bicyclic) bond motifs is 1. The van der Waals surface area contributed by atoms with Gasteiger partial charge in [-0.2, -0.15) is 0 Å². The number of hydrogen-bond donors (Lipinski definition) is 1. The molecule has 6 heteroatoms. The van der Waals surface area contributed by atoms with E-state index in [9.17, 15) is 9.59 Å². The number of benzene rings is 2. The molecule has 1 aromatic heterocycles. The minimum absolute atomic E-state index is 0.0598. The van der Waals surface area contributed by atoms with Crippen LogP contribution in [0, 0.1) is 0 Å². The molecule has 0 spiro atoms. The van der Waals surface area contributed by atoms with E-state index < -0.39 is 0 Å². The Morgan fingerprint density at radius 1 is 1.07 bits per heavy atom.